The lowest BCUT2D eigenvalue weighted by Gasteiger charge is -1.95. The van der Waals surface area contributed by atoms with Crippen molar-refractivity contribution in [1.29, 1.82) is 0 Å². The normalized spacial score (nSPS) is 13.8. The Hall–Kier alpha value is -1.92. The summed E-state index contributed by atoms with van der Waals surface area (Å²) in [5, 5.41) is 1.08. The number of hydrogen-bond donors (Lipinski definition) is 0. The molecule has 2 aromatic carbocycles. The van der Waals surface area contributed by atoms with Crippen molar-refractivity contribution in [2.75, 3.05) is 11.9 Å². The molecule has 4 nitrogen and oxygen atoms in total. The van der Waals surface area contributed by atoms with Crippen LogP contribution in [0.3, 0.4) is 0 Å². The number of carbonyl (C=O) groups excluding carboxylic acids is 2. The quantitative estimate of drug-likeness (QED) is 0.778. The predicted octanol–water partition coefficient (Wildman–Crippen LogP) is 3.88. The number of fused-ring (bicyclic) bond motifs is 2. The second-order valence-corrected chi connectivity index (χ2v) is 6.86. The lowest BCUT2D eigenvalue weighted by Crippen LogP contribution is -1.92. The third kappa shape index (κ3) is 3.28. The maximum atomic E-state index is 10.4. The summed E-state index contributed by atoms with van der Waals surface area (Å²) >= 11 is 3.64. The zero-order chi connectivity index (χ0) is 15.4. The summed E-state index contributed by atoms with van der Waals surface area (Å²) < 4.78 is 10.1. The molecule has 0 unspecified atom stereocenters. The Bertz CT molecular complexity index is 654. The molecule has 0 aliphatic carbocycles. The summed E-state index contributed by atoms with van der Waals surface area (Å²) in [7, 11) is 0. The monoisotopic (exact) mass is 332 g/mol. The largest absolute Gasteiger partial charge is 0.454 e. The number of ether oxygens (including phenoxy) is 2. The van der Waals surface area contributed by atoms with Crippen molar-refractivity contribution in [3.05, 3.63) is 47.5 Å². The molecule has 0 bridgehead atoms. The first-order valence-corrected chi connectivity index (χ1v) is 8.47. The third-order valence-electron chi connectivity index (χ3n) is 3.07. The molecule has 22 heavy (non-hydrogen) atoms. The van der Waals surface area contributed by atoms with Crippen molar-refractivity contribution in [3.8, 4) is 11.5 Å². The standard InChI is InChI=1S/C8H6O3.C8H6OS2/c2*9-4-6-1-2-7-8(3-6)11-5-10-7/h2*1-4H,5H2. The number of thioether (sulfide) groups is 2. The lowest BCUT2D eigenvalue weighted by atomic mass is 10.2. The molecule has 0 aromatic heterocycles. The van der Waals surface area contributed by atoms with Crippen molar-refractivity contribution in [1.82, 2.24) is 0 Å². The van der Waals surface area contributed by atoms with Crippen molar-refractivity contribution in [2.24, 2.45) is 0 Å². The summed E-state index contributed by atoms with van der Waals surface area (Å²) in [6, 6.07) is 10.9. The van der Waals surface area contributed by atoms with Crippen molar-refractivity contribution >= 4 is 36.1 Å². The molecule has 0 fully saturated rings. The van der Waals surface area contributed by atoms with Gasteiger partial charge in [0.25, 0.3) is 0 Å². The molecule has 112 valence electrons. The van der Waals surface area contributed by atoms with Crippen LogP contribution in [0.4, 0.5) is 0 Å². The number of rotatable bonds is 2. The van der Waals surface area contributed by atoms with Gasteiger partial charge >= 0.3 is 0 Å². The van der Waals surface area contributed by atoms with Crippen LogP contribution in [0.2, 0.25) is 0 Å². The van der Waals surface area contributed by atoms with Crippen LogP contribution in [-0.4, -0.2) is 24.5 Å². The van der Waals surface area contributed by atoms with Crippen LogP contribution in [0.15, 0.2) is 46.2 Å². The van der Waals surface area contributed by atoms with Crippen molar-refractivity contribution in [2.45, 2.75) is 9.79 Å². The molecule has 0 spiro atoms. The number of carbonyl (C=O) groups is 2. The molecular weight excluding hydrogens is 320 g/mol. The zero-order valence-electron chi connectivity index (χ0n) is 11.5. The molecule has 0 N–H and O–H groups in total. The maximum Gasteiger partial charge on any atom is 0.231 e. The highest BCUT2D eigenvalue weighted by Crippen LogP contribution is 2.41. The van der Waals surface area contributed by atoms with E-state index in [1.54, 1.807) is 30.0 Å². The molecule has 0 atom stereocenters. The second kappa shape index (κ2) is 6.89. The summed E-state index contributed by atoms with van der Waals surface area (Å²) in [5.74, 6) is 1.35. The summed E-state index contributed by atoms with van der Waals surface area (Å²) in [6.45, 7) is 0.248. The van der Waals surface area contributed by atoms with Crippen molar-refractivity contribution in [3.63, 3.8) is 0 Å². The van der Waals surface area contributed by atoms with Crippen LogP contribution in [-0.2, 0) is 0 Å². The van der Waals surface area contributed by atoms with Gasteiger partial charge in [-0.2, -0.15) is 0 Å². The Labute approximate surface area is 136 Å². The van der Waals surface area contributed by atoms with Gasteiger partial charge in [0.2, 0.25) is 6.79 Å². The second-order valence-electron chi connectivity index (χ2n) is 4.46. The first-order chi connectivity index (χ1) is 10.8. The molecule has 0 saturated carbocycles. The van der Waals surface area contributed by atoms with Gasteiger partial charge in [-0.3, -0.25) is 9.59 Å². The lowest BCUT2D eigenvalue weighted by molar-refractivity contribution is 0.111. The molecule has 4 rings (SSSR count). The third-order valence-corrected chi connectivity index (χ3v) is 5.45. The average molecular weight is 332 g/mol. The first kappa shape index (κ1) is 15.0. The van der Waals surface area contributed by atoms with E-state index in [-0.39, 0.29) is 6.79 Å². The van der Waals surface area contributed by atoms with E-state index < -0.39 is 0 Å². The highest BCUT2D eigenvalue weighted by molar-refractivity contribution is 8.18. The van der Waals surface area contributed by atoms with Gasteiger partial charge in [0.1, 0.15) is 12.6 Å². The SMILES string of the molecule is O=Cc1ccc2c(c1)OCO2.O=Cc1ccc2c(c1)SCS2. The smallest absolute Gasteiger partial charge is 0.231 e. The fourth-order valence-corrected chi connectivity index (χ4v) is 4.37. The van der Waals surface area contributed by atoms with E-state index in [0.29, 0.717) is 17.1 Å². The highest BCUT2D eigenvalue weighted by atomic mass is 32.2. The molecule has 2 aromatic rings. The summed E-state index contributed by atoms with van der Waals surface area (Å²) in [6.07, 6.45) is 1.67. The van der Waals surface area contributed by atoms with E-state index in [2.05, 4.69) is 0 Å². The Kier molecular flexibility index (Phi) is 4.70. The van der Waals surface area contributed by atoms with Gasteiger partial charge in [-0.05, 0) is 30.3 Å². The molecule has 6 heteroatoms. The van der Waals surface area contributed by atoms with Gasteiger partial charge in [-0.15, -0.1) is 23.5 Å². The van der Waals surface area contributed by atoms with Crippen LogP contribution in [0.25, 0.3) is 0 Å². The predicted molar refractivity (Wildman–Crippen MR) is 86.4 cm³/mol. The van der Waals surface area contributed by atoms with Gasteiger partial charge in [-0.1, -0.05) is 6.07 Å². The molecule has 0 saturated heterocycles. The Morgan fingerprint density at radius 3 is 2.32 bits per heavy atom. The first-order valence-electron chi connectivity index (χ1n) is 6.50. The fraction of sp³-hybridized carbons (Fsp3) is 0.125. The average Bonchev–Trinajstić information content (AvgIpc) is 3.22. The molecule has 0 amide bonds. The Balaban J connectivity index is 0.000000131. The van der Waals surface area contributed by atoms with Gasteiger partial charge < -0.3 is 9.47 Å². The van der Waals surface area contributed by atoms with Crippen LogP contribution >= 0.6 is 23.5 Å². The van der Waals surface area contributed by atoms with Gasteiger partial charge in [0.05, 0.1) is 0 Å². The molecule has 2 heterocycles. The number of aldehydes is 2. The zero-order valence-corrected chi connectivity index (χ0v) is 13.1. The molecular formula is C16H12O4S2. The molecule has 2 aliphatic heterocycles. The van der Waals surface area contributed by atoms with E-state index in [0.717, 1.165) is 23.2 Å². The van der Waals surface area contributed by atoms with E-state index in [1.165, 1.54) is 9.79 Å². The maximum absolute atomic E-state index is 10.4. The van der Waals surface area contributed by atoms with Crippen LogP contribution in [0.1, 0.15) is 20.7 Å². The van der Waals surface area contributed by atoms with E-state index >= 15 is 0 Å². The van der Waals surface area contributed by atoms with Gasteiger partial charge in [-0.25, -0.2) is 0 Å². The highest BCUT2D eigenvalue weighted by Gasteiger charge is 2.12. The minimum Gasteiger partial charge on any atom is -0.454 e. The van der Waals surface area contributed by atoms with Crippen LogP contribution in [0, 0.1) is 0 Å². The topological polar surface area (TPSA) is 52.6 Å². The Morgan fingerprint density at radius 1 is 0.818 bits per heavy atom. The molecule has 2 aliphatic rings. The van der Waals surface area contributed by atoms with Gasteiger partial charge in [0.15, 0.2) is 11.5 Å². The van der Waals surface area contributed by atoms with E-state index in [9.17, 15) is 9.59 Å². The van der Waals surface area contributed by atoms with E-state index in [1.807, 2.05) is 30.0 Å². The van der Waals surface area contributed by atoms with Crippen LogP contribution in [0.5, 0.6) is 11.5 Å². The fourth-order valence-electron chi connectivity index (χ4n) is 1.97. The van der Waals surface area contributed by atoms with Crippen LogP contribution < -0.4 is 9.47 Å². The van der Waals surface area contributed by atoms with Gasteiger partial charge in [0, 0.05) is 26.0 Å². The van der Waals surface area contributed by atoms with Crippen molar-refractivity contribution < 1.29 is 19.1 Å². The minimum absolute atomic E-state index is 0.248. The summed E-state index contributed by atoms with van der Waals surface area (Å²) in [5.41, 5.74) is 1.38. The molecule has 0 radical (unpaired) electrons. The number of hydrogen-bond acceptors (Lipinski definition) is 6. The number of benzene rings is 2. The summed E-state index contributed by atoms with van der Waals surface area (Å²) in [4.78, 5) is 23.3. The Morgan fingerprint density at radius 2 is 1.50 bits per heavy atom. The van der Waals surface area contributed by atoms with E-state index in [4.69, 9.17) is 9.47 Å². The minimum atomic E-state index is 0.248.